The van der Waals surface area contributed by atoms with Crippen LogP contribution in [0.3, 0.4) is 0 Å². The summed E-state index contributed by atoms with van der Waals surface area (Å²) < 4.78 is 40.1. The van der Waals surface area contributed by atoms with E-state index in [4.69, 9.17) is 0 Å². The molecule has 2 rings (SSSR count). The van der Waals surface area contributed by atoms with Gasteiger partial charge in [-0.3, -0.25) is 4.98 Å². The Balaban J connectivity index is 2.33. The van der Waals surface area contributed by atoms with E-state index in [1.165, 1.54) is 11.3 Å². The molecule has 1 aromatic carbocycles. The molecule has 0 spiro atoms. The predicted octanol–water partition coefficient (Wildman–Crippen LogP) is 3.06. The highest BCUT2D eigenvalue weighted by atomic mass is 32.1. The quantitative estimate of drug-likeness (QED) is 0.925. The second-order valence-electron chi connectivity index (χ2n) is 3.80. The van der Waals surface area contributed by atoms with Crippen LogP contribution in [0.25, 0.3) is 0 Å². The van der Waals surface area contributed by atoms with Crippen LogP contribution >= 0.6 is 11.3 Å². The van der Waals surface area contributed by atoms with E-state index in [2.05, 4.69) is 10.3 Å². The van der Waals surface area contributed by atoms with Crippen LogP contribution in [0.5, 0.6) is 0 Å². The van der Waals surface area contributed by atoms with Crippen molar-refractivity contribution in [3.63, 3.8) is 0 Å². The Morgan fingerprint density at radius 2 is 1.94 bits per heavy atom. The molecule has 1 aromatic heterocycles. The molecule has 2 aromatic rings. The highest BCUT2D eigenvalue weighted by molar-refractivity contribution is 7.09. The van der Waals surface area contributed by atoms with Crippen LogP contribution in [0, 0.1) is 17.5 Å². The van der Waals surface area contributed by atoms with Gasteiger partial charge in [0.2, 0.25) is 0 Å². The van der Waals surface area contributed by atoms with E-state index in [1.54, 1.807) is 18.8 Å². The highest BCUT2D eigenvalue weighted by Crippen LogP contribution is 2.25. The zero-order valence-corrected chi connectivity index (χ0v) is 10.4. The second kappa shape index (κ2) is 5.49. The van der Waals surface area contributed by atoms with Gasteiger partial charge in [0.05, 0.1) is 5.51 Å². The molecule has 96 valence electrons. The molecule has 2 nitrogen and oxygen atoms in total. The summed E-state index contributed by atoms with van der Waals surface area (Å²) in [5.41, 5.74) is 1.51. The molecule has 1 heterocycles. The van der Waals surface area contributed by atoms with Crippen molar-refractivity contribution >= 4 is 11.3 Å². The van der Waals surface area contributed by atoms with Gasteiger partial charge < -0.3 is 5.32 Å². The summed E-state index contributed by atoms with van der Waals surface area (Å²) in [4.78, 5) is 4.81. The van der Waals surface area contributed by atoms with Gasteiger partial charge in [0.15, 0.2) is 0 Å². The number of likely N-dealkylation sites (N-methyl/N-ethyl adjacent to an activating group) is 1. The molecular weight excluding hydrogens is 261 g/mol. The second-order valence-corrected chi connectivity index (χ2v) is 4.77. The maximum atomic E-state index is 13.6. The van der Waals surface area contributed by atoms with Crippen LogP contribution in [0.1, 0.15) is 16.5 Å². The molecule has 1 N–H and O–H groups in total. The first-order valence-corrected chi connectivity index (χ1v) is 6.19. The molecule has 0 radical (unpaired) electrons. The number of aromatic nitrogens is 1. The van der Waals surface area contributed by atoms with Crippen molar-refractivity contribution in [1.82, 2.24) is 10.3 Å². The number of thiazole rings is 1. The van der Waals surface area contributed by atoms with Gasteiger partial charge in [-0.15, -0.1) is 11.3 Å². The lowest BCUT2D eigenvalue weighted by atomic mass is 10.0. The van der Waals surface area contributed by atoms with Crippen molar-refractivity contribution in [2.45, 2.75) is 12.5 Å². The maximum absolute atomic E-state index is 13.6. The molecule has 0 amide bonds. The van der Waals surface area contributed by atoms with Gasteiger partial charge in [-0.1, -0.05) is 0 Å². The van der Waals surface area contributed by atoms with Crippen LogP contribution in [0.15, 0.2) is 23.8 Å². The lowest BCUT2D eigenvalue weighted by Crippen LogP contribution is -2.21. The van der Waals surface area contributed by atoms with Crippen molar-refractivity contribution in [2.75, 3.05) is 7.05 Å². The summed E-state index contributed by atoms with van der Waals surface area (Å²) >= 11 is 1.41. The van der Waals surface area contributed by atoms with Crippen LogP contribution < -0.4 is 5.32 Å². The van der Waals surface area contributed by atoms with Gasteiger partial charge in [-0.2, -0.15) is 0 Å². The van der Waals surface area contributed by atoms with Gasteiger partial charge in [0.1, 0.15) is 17.5 Å². The van der Waals surface area contributed by atoms with Crippen molar-refractivity contribution in [2.24, 2.45) is 0 Å². The average Bonchev–Trinajstić information content (AvgIpc) is 2.79. The Hall–Kier alpha value is -1.40. The highest BCUT2D eigenvalue weighted by Gasteiger charge is 2.21. The molecule has 0 bridgehead atoms. The Bertz CT molecular complexity index is 505. The summed E-state index contributed by atoms with van der Waals surface area (Å²) in [7, 11) is 1.61. The van der Waals surface area contributed by atoms with Gasteiger partial charge in [-0.05, 0) is 7.05 Å². The number of halogens is 3. The summed E-state index contributed by atoms with van der Waals surface area (Å²) in [5, 5.41) is 2.83. The molecule has 18 heavy (non-hydrogen) atoms. The topological polar surface area (TPSA) is 24.9 Å². The number of hydrogen-bond donors (Lipinski definition) is 1. The molecule has 0 saturated heterocycles. The predicted molar refractivity (Wildman–Crippen MR) is 63.9 cm³/mol. The normalized spacial score (nSPS) is 12.7. The fourth-order valence-electron chi connectivity index (χ4n) is 1.78. The third kappa shape index (κ3) is 2.70. The van der Waals surface area contributed by atoms with Crippen LogP contribution in [0.2, 0.25) is 0 Å². The molecule has 0 aliphatic carbocycles. The smallest absolute Gasteiger partial charge is 0.133 e. The van der Waals surface area contributed by atoms with Gasteiger partial charge >= 0.3 is 0 Å². The number of rotatable bonds is 4. The summed E-state index contributed by atoms with van der Waals surface area (Å²) in [6.07, 6.45) is 2.05. The molecule has 1 unspecified atom stereocenters. The summed E-state index contributed by atoms with van der Waals surface area (Å²) in [6, 6.07) is 0.830. The van der Waals surface area contributed by atoms with Crippen LogP contribution in [-0.4, -0.2) is 12.0 Å². The third-order valence-corrected chi connectivity index (χ3v) is 3.43. The van der Waals surface area contributed by atoms with Crippen molar-refractivity contribution in [3.05, 3.63) is 51.7 Å². The Morgan fingerprint density at radius 1 is 1.28 bits per heavy atom. The number of nitrogens with zero attached hydrogens (tertiary/aromatic N) is 1. The number of nitrogens with one attached hydrogen (secondary N) is 1. The first-order valence-electron chi connectivity index (χ1n) is 5.31. The fourth-order valence-corrected chi connectivity index (χ4v) is 2.42. The molecule has 0 saturated carbocycles. The monoisotopic (exact) mass is 272 g/mol. The fraction of sp³-hybridized carbons (Fsp3) is 0.250. The Labute approximate surface area is 106 Å². The zero-order chi connectivity index (χ0) is 13.1. The van der Waals surface area contributed by atoms with Crippen molar-refractivity contribution in [1.29, 1.82) is 0 Å². The Kier molecular flexibility index (Phi) is 3.98. The van der Waals surface area contributed by atoms with Gasteiger partial charge in [-0.25, -0.2) is 13.2 Å². The van der Waals surface area contributed by atoms with E-state index >= 15 is 0 Å². The lowest BCUT2D eigenvalue weighted by molar-refractivity contribution is 0.476. The minimum Gasteiger partial charge on any atom is -0.313 e. The first kappa shape index (κ1) is 13.0. The zero-order valence-electron chi connectivity index (χ0n) is 9.58. The number of hydrogen-bond acceptors (Lipinski definition) is 3. The van der Waals surface area contributed by atoms with Gasteiger partial charge in [0, 0.05) is 41.2 Å². The minimum atomic E-state index is -0.915. The first-order chi connectivity index (χ1) is 8.61. The summed E-state index contributed by atoms with van der Waals surface area (Å²) in [5.74, 6) is -2.67. The summed E-state index contributed by atoms with van der Waals surface area (Å²) in [6.45, 7) is 0. The van der Waals surface area contributed by atoms with Gasteiger partial charge in [0.25, 0.3) is 0 Å². The largest absolute Gasteiger partial charge is 0.313 e. The minimum absolute atomic E-state index is 0.146. The van der Waals surface area contributed by atoms with E-state index < -0.39 is 23.5 Å². The Morgan fingerprint density at radius 3 is 2.44 bits per heavy atom. The maximum Gasteiger partial charge on any atom is 0.133 e. The third-order valence-electron chi connectivity index (χ3n) is 2.63. The molecule has 1 atom stereocenters. The average molecular weight is 272 g/mol. The molecule has 6 heteroatoms. The molecule has 0 aliphatic heterocycles. The standard InChI is InChI=1S/C12H11F3N2S/c1-16-11(4-8-5-17-6-18-8)12-9(14)2-7(13)3-10(12)15/h2-3,5-6,11,16H,4H2,1H3. The van der Waals surface area contributed by atoms with E-state index in [1.807, 2.05) is 0 Å². The van der Waals surface area contributed by atoms with Crippen LogP contribution in [0.4, 0.5) is 13.2 Å². The van der Waals surface area contributed by atoms with E-state index in [0.717, 1.165) is 4.88 Å². The van der Waals surface area contributed by atoms with Crippen molar-refractivity contribution in [3.8, 4) is 0 Å². The lowest BCUT2D eigenvalue weighted by Gasteiger charge is -2.17. The van der Waals surface area contributed by atoms with Crippen molar-refractivity contribution < 1.29 is 13.2 Å². The number of benzene rings is 1. The molecule has 0 fully saturated rings. The SMILES string of the molecule is CNC(Cc1cncs1)c1c(F)cc(F)cc1F. The molecule has 0 aliphatic rings. The van der Waals surface area contributed by atoms with E-state index in [9.17, 15) is 13.2 Å². The molecular formula is C12H11F3N2S. The van der Waals surface area contributed by atoms with E-state index in [-0.39, 0.29) is 5.56 Å². The van der Waals surface area contributed by atoms with E-state index in [0.29, 0.717) is 18.6 Å². The van der Waals surface area contributed by atoms with Crippen LogP contribution in [-0.2, 0) is 6.42 Å².